The molecular formula is C21H22ClN3O5. The SMILES string of the molecule is COc1cc(/C=N/NC(=O)CCC(=O)Nc2cccc(Cl)c2C)ccc1OC(C)=O. The Labute approximate surface area is 179 Å². The molecule has 0 saturated heterocycles. The zero-order chi connectivity index (χ0) is 22.1. The van der Waals surface area contributed by atoms with Crippen molar-refractivity contribution < 1.29 is 23.9 Å². The number of hydrogen-bond donors (Lipinski definition) is 2. The van der Waals surface area contributed by atoms with E-state index in [1.54, 1.807) is 43.3 Å². The van der Waals surface area contributed by atoms with E-state index < -0.39 is 11.9 Å². The lowest BCUT2D eigenvalue weighted by Gasteiger charge is -2.09. The number of anilines is 1. The Hall–Kier alpha value is -3.39. The average molecular weight is 432 g/mol. The van der Waals surface area contributed by atoms with Crippen molar-refractivity contribution in [1.82, 2.24) is 5.43 Å². The van der Waals surface area contributed by atoms with Gasteiger partial charge in [-0.15, -0.1) is 0 Å². The molecule has 0 unspecified atom stereocenters. The van der Waals surface area contributed by atoms with E-state index in [0.717, 1.165) is 5.56 Å². The lowest BCUT2D eigenvalue weighted by atomic mass is 10.2. The van der Waals surface area contributed by atoms with Gasteiger partial charge in [-0.1, -0.05) is 17.7 Å². The summed E-state index contributed by atoms with van der Waals surface area (Å²) >= 11 is 6.02. The molecule has 0 saturated carbocycles. The molecule has 0 atom stereocenters. The topological polar surface area (TPSA) is 106 Å². The lowest BCUT2D eigenvalue weighted by molar-refractivity contribution is -0.132. The van der Waals surface area contributed by atoms with E-state index in [4.69, 9.17) is 21.1 Å². The smallest absolute Gasteiger partial charge is 0.308 e. The van der Waals surface area contributed by atoms with Crippen molar-refractivity contribution in [2.75, 3.05) is 12.4 Å². The van der Waals surface area contributed by atoms with Gasteiger partial charge in [0.25, 0.3) is 0 Å². The minimum Gasteiger partial charge on any atom is -0.493 e. The molecule has 0 aliphatic heterocycles. The van der Waals surface area contributed by atoms with Gasteiger partial charge in [0.05, 0.1) is 13.3 Å². The van der Waals surface area contributed by atoms with Gasteiger partial charge in [0.15, 0.2) is 11.5 Å². The van der Waals surface area contributed by atoms with Crippen LogP contribution in [0.25, 0.3) is 0 Å². The zero-order valence-electron chi connectivity index (χ0n) is 16.8. The number of nitrogens with zero attached hydrogens (tertiary/aromatic N) is 1. The molecule has 2 amide bonds. The van der Waals surface area contributed by atoms with Crippen LogP contribution in [0.4, 0.5) is 5.69 Å². The second-order valence-corrected chi connectivity index (χ2v) is 6.66. The number of hydrazone groups is 1. The maximum Gasteiger partial charge on any atom is 0.308 e. The maximum absolute atomic E-state index is 12.0. The van der Waals surface area contributed by atoms with E-state index in [-0.39, 0.29) is 24.5 Å². The first-order chi connectivity index (χ1) is 14.3. The fourth-order valence-corrected chi connectivity index (χ4v) is 2.60. The summed E-state index contributed by atoms with van der Waals surface area (Å²) in [4.78, 5) is 35.0. The normalized spacial score (nSPS) is 10.5. The van der Waals surface area contributed by atoms with Crippen molar-refractivity contribution in [3.63, 3.8) is 0 Å². The Morgan fingerprint density at radius 3 is 2.53 bits per heavy atom. The molecule has 0 bridgehead atoms. The van der Waals surface area contributed by atoms with E-state index in [1.807, 2.05) is 0 Å². The number of esters is 1. The number of halogens is 1. The van der Waals surface area contributed by atoms with Gasteiger partial charge < -0.3 is 14.8 Å². The maximum atomic E-state index is 12.0. The second kappa shape index (κ2) is 11.0. The summed E-state index contributed by atoms with van der Waals surface area (Å²) in [6.07, 6.45) is 1.38. The Bertz CT molecular complexity index is 975. The van der Waals surface area contributed by atoms with Gasteiger partial charge in [0.2, 0.25) is 11.8 Å². The summed E-state index contributed by atoms with van der Waals surface area (Å²) in [5.41, 5.74) is 4.35. The Morgan fingerprint density at radius 1 is 1.10 bits per heavy atom. The standard InChI is InChI=1S/C21H22ClN3O5/c1-13-16(22)5-4-6-17(13)24-20(27)9-10-21(28)25-23-12-15-7-8-18(30-14(2)26)19(11-15)29-3/h4-8,11-12H,9-10H2,1-3H3,(H,24,27)(H,25,28)/b23-12+. The monoisotopic (exact) mass is 431 g/mol. The van der Waals surface area contributed by atoms with E-state index in [9.17, 15) is 14.4 Å². The highest BCUT2D eigenvalue weighted by molar-refractivity contribution is 6.31. The number of amides is 2. The number of rotatable bonds is 8. The molecule has 2 N–H and O–H groups in total. The summed E-state index contributed by atoms with van der Waals surface area (Å²) in [6.45, 7) is 3.09. The summed E-state index contributed by atoms with van der Waals surface area (Å²) in [5, 5.41) is 7.14. The van der Waals surface area contributed by atoms with Crippen LogP contribution >= 0.6 is 11.6 Å². The molecule has 2 rings (SSSR count). The molecule has 0 spiro atoms. The third kappa shape index (κ3) is 6.89. The molecule has 158 valence electrons. The summed E-state index contributed by atoms with van der Waals surface area (Å²) < 4.78 is 10.2. The molecule has 0 radical (unpaired) electrons. The Morgan fingerprint density at radius 2 is 1.83 bits per heavy atom. The van der Waals surface area contributed by atoms with Crippen LogP contribution in [0.3, 0.4) is 0 Å². The first-order valence-electron chi connectivity index (χ1n) is 9.03. The van der Waals surface area contributed by atoms with Crippen molar-refractivity contribution >= 4 is 41.3 Å². The molecule has 0 heterocycles. The molecule has 2 aromatic rings. The van der Waals surface area contributed by atoms with Crippen molar-refractivity contribution in [1.29, 1.82) is 0 Å². The number of benzene rings is 2. The number of hydrogen-bond acceptors (Lipinski definition) is 6. The van der Waals surface area contributed by atoms with Gasteiger partial charge in [0, 0.05) is 30.5 Å². The second-order valence-electron chi connectivity index (χ2n) is 6.26. The molecule has 30 heavy (non-hydrogen) atoms. The molecule has 0 fully saturated rings. The summed E-state index contributed by atoms with van der Waals surface area (Å²) in [5.74, 6) is -0.532. The first-order valence-corrected chi connectivity index (χ1v) is 9.41. The highest BCUT2D eigenvalue weighted by atomic mass is 35.5. The summed E-state index contributed by atoms with van der Waals surface area (Å²) in [7, 11) is 1.45. The van der Waals surface area contributed by atoms with E-state index >= 15 is 0 Å². The molecule has 0 aliphatic rings. The van der Waals surface area contributed by atoms with E-state index in [0.29, 0.717) is 22.0 Å². The van der Waals surface area contributed by atoms with Crippen LogP contribution in [0.15, 0.2) is 41.5 Å². The van der Waals surface area contributed by atoms with Gasteiger partial charge in [0.1, 0.15) is 0 Å². The highest BCUT2D eigenvalue weighted by Gasteiger charge is 2.10. The van der Waals surface area contributed by atoms with E-state index in [1.165, 1.54) is 20.2 Å². The first kappa shape index (κ1) is 22.9. The van der Waals surface area contributed by atoms with Crippen molar-refractivity contribution in [3.05, 3.63) is 52.5 Å². The highest BCUT2D eigenvalue weighted by Crippen LogP contribution is 2.27. The van der Waals surface area contributed by atoms with Crippen molar-refractivity contribution in [2.24, 2.45) is 5.10 Å². The fraction of sp³-hybridized carbons (Fsp3) is 0.238. The quantitative estimate of drug-likeness (QED) is 0.288. The van der Waals surface area contributed by atoms with Gasteiger partial charge in [-0.3, -0.25) is 14.4 Å². The van der Waals surface area contributed by atoms with E-state index in [2.05, 4.69) is 15.8 Å². The van der Waals surface area contributed by atoms with Gasteiger partial charge in [-0.2, -0.15) is 5.10 Å². The minimum absolute atomic E-state index is 0.00177. The third-order valence-electron chi connectivity index (χ3n) is 3.97. The third-order valence-corrected chi connectivity index (χ3v) is 4.37. The van der Waals surface area contributed by atoms with Crippen LogP contribution in [0, 0.1) is 6.92 Å². The van der Waals surface area contributed by atoms with Crippen LogP contribution < -0.4 is 20.2 Å². The molecule has 0 aromatic heterocycles. The van der Waals surface area contributed by atoms with Crippen LogP contribution in [0.2, 0.25) is 5.02 Å². The average Bonchev–Trinajstić information content (AvgIpc) is 2.70. The van der Waals surface area contributed by atoms with Gasteiger partial charge >= 0.3 is 5.97 Å². The number of nitrogens with one attached hydrogen (secondary N) is 2. The molecule has 0 aliphatic carbocycles. The molecular weight excluding hydrogens is 410 g/mol. The predicted molar refractivity (Wildman–Crippen MR) is 114 cm³/mol. The van der Waals surface area contributed by atoms with Crippen LogP contribution in [-0.4, -0.2) is 31.1 Å². The van der Waals surface area contributed by atoms with Crippen molar-refractivity contribution in [3.8, 4) is 11.5 Å². The predicted octanol–water partition coefficient (Wildman–Crippen LogP) is 3.45. The van der Waals surface area contributed by atoms with Gasteiger partial charge in [-0.05, 0) is 48.4 Å². The van der Waals surface area contributed by atoms with Gasteiger partial charge in [-0.25, -0.2) is 5.43 Å². The van der Waals surface area contributed by atoms with Crippen LogP contribution in [-0.2, 0) is 14.4 Å². The molecule has 8 nitrogen and oxygen atoms in total. The molecule has 2 aromatic carbocycles. The Balaban J connectivity index is 1.84. The minimum atomic E-state index is -0.462. The fourth-order valence-electron chi connectivity index (χ4n) is 2.42. The number of ether oxygens (including phenoxy) is 2. The number of methoxy groups -OCH3 is 1. The lowest BCUT2D eigenvalue weighted by Crippen LogP contribution is -2.20. The number of carbonyl (C=O) groups excluding carboxylic acids is 3. The summed E-state index contributed by atoms with van der Waals surface area (Å²) in [6, 6.07) is 10.0. The number of carbonyl (C=O) groups is 3. The largest absolute Gasteiger partial charge is 0.493 e. The van der Waals surface area contributed by atoms with Crippen molar-refractivity contribution in [2.45, 2.75) is 26.7 Å². The Kier molecular flexibility index (Phi) is 8.37. The van der Waals surface area contributed by atoms with Crippen LogP contribution in [0.5, 0.6) is 11.5 Å². The zero-order valence-corrected chi connectivity index (χ0v) is 17.6. The van der Waals surface area contributed by atoms with Crippen LogP contribution in [0.1, 0.15) is 30.9 Å². The molecule has 9 heteroatoms.